The van der Waals surface area contributed by atoms with E-state index in [4.69, 9.17) is 4.42 Å². The highest BCUT2D eigenvalue weighted by molar-refractivity contribution is 7.00. The van der Waals surface area contributed by atoms with E-state index >= 15 is 0 Å². The van der Waals surface area contributed by atoms with Gasteiger partial charge in [-0.15, -0.1) is 0 Å². The molecule has 1 aliphatic carbocycles. The number of rotatable bonds is 4. The molecular weight excluding hydrogens is 789 g/mol. The molecule has 0 amide bonds. The van der Waals surface area contributed by atoms with Crippen molar-refractivity contribution in [2.45, 2.75) is 66.2 Å². The molecule has 10 aromatic rings. The van der Waals surface area contributed by atoms with Crippen LogP contribution in [0.15, 0.2) is 162 Å². The molecule has 65 heavy (non-hydrogen) atoms. The summed E-state index contributed by atoms with van der Waals surface area (Å²) >= 11 is 0. The Kier molecular flexibility index (Phi) is 7.75. The van der Waals surface area contributed by atoms with Gasteiger partial charge in [-0.2, -0.15) is 0 Å². The normalized spacial score (nSPS) is 14.2. The Labute approximate surface area is 381 Å². The number of benzene rings is 8. The number of hydrogen-bond donors (Lipinski definition) is 0. The summed E-state index contributed by atoms with van der Waals surface area (Å²) in [5, 5.41) is 3.59. The zero-order valence-electron chi connectivity index (χ0n) is 38.3. The summed E-state index contributed by atoms with van der Waals surface area (Å²) in [5.41, 5.74) is 25.6. The first-order valence-electron chi connectivity index (χ1n) is 23.1. The average molecular weight is 840 g/mol. The highest BCUT2D eigenvalue weighted by atomic mass is 16.3. The Morgan fingerprint density at radius 1 is 0.585 bits per heavy atom. The van der Waals surface area contributed by atoms with Gasteiger partial charge in [-0.1, -0.05) is 132 Å². The second-order valence-corrected chi connectivity index (χ2v) is 20.3. The maximum atomic E-state index is 6.65. The van der Waals surface area contributed by atoms with Gasteiger partial charge in [-0.3, -0.25) is 0 Å². The zero-order valence-corrected chi connectivity index (χ0v) is 38.3. The highest BCUT2D eigenvalue weighted by Crippen LogP contribution is 2.55. The molecule has 13 rings (SSSR count). The predicted octanol–water partition coefficient (Wildman–Crippen LogP) is 14.1. The number of aromatic nitrogens is 1. The van der Waals surface area contributed by atoms with E-state index in [1.807, 2.05) is 0 Å². The zero-order chi connectivity index (χ0) is 44.3. The van der Waals surface area contributed by atoms with Gasteiger partial charge in [0.1, 0.15) is 11.2 Å². The van der Waals surface area contributed by atoms with Crippen molar-refractivity contribution in [2.75, 3.05) is 9.80 Å². The van der Waals surface area contributed by atoms with E-state index in [0.29, 0.717) is 0 Å². The molecule has 0 radical (unpaired) electrons. The molecule has 0 unspecified atom stereocenters. The molecule has 8 aromatic carbocycles. The summed E-state index contributed by atoms with van der Waals surface area (Å²) in [5.74, 6) is 0. The van der Waals surface area contributed by atoms with Gasteiger partial charge in [0, 0.05) is 67.1 Å². The van der Waals surface area contributed by atoms with Gasteiger partial charge >= 0.3 is 0 Å². The first-order valence-corrected chi connectivity index (χ1v) is 23.1. The van der Waals surface area contributed by atoms with E-state index in [2.05, 4.69) is 227 Å². The van der Waals surface area contributed by atoms with Crippen LogP contribution in [0.3, 0.4) is 0 Å². The molecule has 0 fully saturated rings. The highest BCUT2D eigenvalue weighted by Gasteiger charge is 2.48. The van der Waals surface area contributed by atoms with Crippen molar-refractivity contribution in [3.63, 3.8) is 0 Å². The fraction of sp³-hybridized carbons (Fsp3) is 0.167. The third-order valence-electron chi connectivity index (χ3n) is 14.9. The Hall–Kier alpha value is -7.24. The largest absolute Gasteiger partial charge is 0.456 e. The van der Waals surface area contributed by atoms with Gasteiger partial charge in [-0.25, -0.2) is 0 Å². The number of furan rings is 1. The Balaban J connectivity index is 1.19. The quantitative estimate of drug-likeness (QED) is 0.165. The molecule has 2 aliphatic heterocycles. The molecule has 0 saturated carbocycles. The first kappa shape index (κ1) is 38.2. The number of para-hydroxylation sites is 3. The Morgan fingerprint density at radius 3 is 2.02 bits per heavy atom. The average Bonchev–Trinajstić information content (AvgIpc) is 3.93. The topological polar surface area (TPSA) is 24.6 Å². The monoisotopic (exact) mass is 839 g/mol. The van der Waals surface area contributed by atoms with Crippen LogP contribution in [0.4, 0.5) is 34.1 Å². The minimum atomic E-state index is -0.218. The third kappa shape index (κ3) is 5.15. The van der Waals surface area contributed by atoms with Crippen molar-refractivity contribution in [2.24, 2.45) is 0 Å². The minimum absolute atomic E-state index is 0.0164. The van der Waals surface area contributed by atoms with Crippen LogP contribution < -0.4 is 26.2 Å². The van der Waals surface area contributed by atoms with Crippen LogP contribution in [-0.2, 0) is 10.8 Å². The van der Waals surface area contributed by atoms with E-state index in [-0.39, 0.29) is 17.5 Å². The van der Waals surface area contributed by atoms with Crippen molar-refractivity contribution in [1.82, 2.24) is 4.57 Å². The lowest BCUT2D eigenvalue weighted by atomic mass is 9.33. The lowest BCUT2D eigenvalue weighted by Crippen LogP contribution is -2.61. The van der Waals surface area contributed by atoms with Crippen LogP contribution in [0, 0.1) is 20.8 Å². The molecule has 4 nitrogen and oxygen atoms in total. The van der Waals surface area contributed by atoms with E-state index in [1.165, 1.54) is 89.0 Å². The van der Waals surface area contributed by atoms with Crippen molar-refractivity contribution in [3.8, 4) is 16.8 Å². The Bertz CT molecular complexity index is 3650. The molecule has 0 N–H and O–H groups in total. The van der Waals surface area contributed by atoms with Crippen molar-refractivity contribution in [1.29, 1.82) is 0 Å². The number of fused-ring (bicyclic) bond motifs is 12. The number of anilines is 6. The maximum Gasteiger partial charge on any atom is 0.252 e. The van der Waals surface area contributed by atoms with Crippen LogP contribution in [0.25, 0.3) is 49.7 Å². The second kappa shape index (κ2) is 13.2. The van der Waals surface area contributed by atoms with Crippen LogP contribution in [0.5, 0.6) is 0 Å². The summed E-state index contributed by atoms with van der Waals surface area (Å²) in [6, 6.07) is 59.1. The molecule has 2 aromatic heterocycles. The van der Waals surface area contributed by atoms with Crippen LogP contribution in [0.2, 0.25) is 0 Å². The molecule has 5 heteroatoms. The Morgan fingerprint density at radius 2 is 1.26 bits per heavy atom. The van der Waals surface area contributed by atoms with Gasteiger partial charge in [0.25, 0.3) is 6.71 Å². The number of nitrogens with zero attached hydrogens (tertiary/aromatic N) is 3. The number of aryl methyl sites for hydroxylation is 3. The molecule has 0 bridgehead atoms. The lowest BCUT2D eigenvalue weighted by Gasteiger charge is -2.42. The summed E-state index contributed by atoms with van der Waals surface area (Å²) in [7, 11) is 0. The lowest BCUT2D eigenvalue weighted by molar-refractivity contribution is 0.591. The smallest absolute Gasteiger partial charge is 0.252 e. The molecule has 4 heterocycles. The fourth-order valence-electron chi connectivity index (χ4n) is 12.0. The van der Waals surface area contributed by atoms with E-state index in [0.717, 1.165) is 44.7 Å². The summed E-state index contributed by atoms with van der Waals surface area (Å²) < 4.78 is 9.34. The molecule has 314 valence electrons. The van der Waals surface area contributed by atoms with Crippen molar-refractivity contribution >= 4 is 90.1 Å². The van der Waals surface area contributed by atoms with Crippen LogP contribution >= 0.6 is 0 Å². The van der Waals surface area contributed by atoms with Gasteiger partial charge in [0.15, 0.2) is 0 Å². The van der Waals surface area contributed by atoms with Gasteiger partial charge < -0.3 is 18.8 Å². The summed E-state index contributed by atoms with van der Waals surface area (Å²) in [4.78, 5) is 5.04. The minimum Gasteiger partial charge on any atom is -0.456 e. The first-order chi connectivity index (χ1) is 31.4. The fourth-order valence-corrected chi connectivity index (χ4v) is 12.0. The molecule has 0 atom stereocenters. The van der Waals surface area contributed by atoms with Gasteiger partial charge in [0.2, 0.25) is 0 Å². The van der Waals surface area contributed by atoms with Crippen LogP contribution in [0.1, 0.15) is 68.1 Å². The van der Waals surface area contributed by atoms with E-state index < -0.39 is 0 Å². The standard InChI is InChI=1S/C60H50BN3O/c1-35-30-50-56-51(31-35)64-57-42(54-40-20-11-13-22-43(40)60(7,8)58(54)64)32-38(59(4,5)6)33-45(57)61(56)44-29-28-39(62(46-23-14-9-18-36(46)2)47-24-15-10-19-37(47)3)34-49(44)63(50)48-25-17-27-53-55(48)41-21-12-16-26-52(41)65-53/h9-34H,1-8H3. The molecule has 3 aliphatic rings. The molecule has 0 spiro atoms. The molecular formula is C60H50BN3O. The maximum absolute atomic E-state index is 6.65. The van der Waals surface area contributed by atoms with Crippen molar-refractivity contribution in [3.05, 3.63) is 191 Å². The predicted molar refractivity (Wildman–Crippen MR) is 275 cm³/mol. The number of hydrogen-bond acceptors (Lipinski definition) is 3. The SMILES string of the molecule is Cc1cc2c3c(c1)-n1c4c(c5cc(C(C)(C)C)cc(c51)B3c1ccc(N(c3ccccc3C)c3ccccc3C)cc1N2c1cccc2oc3ccccc3c12)-c1ccccc1C4(C)C. The third-order valence-corrected chi connectivity index (χ3v) is 14.9. The van der Waals surface area contributed by atoms with Crippen molar-refractivity contribution < 1.29 is 4.42 Å². The van der Waals surface area contributed by atoms with E-state index in [1.54, 1.807) is 0 Å². The second-order valence-electron chi connectivity index (χ2n) is 20.3. The van der Waals surface area contributed by atoms with E-state index in [9.17, 15) is 0 Å². The van der Waals surface area contributed by atoms with Gasteiger partial charge in [0.05, 0.1) is 11.1 Å². The summed E-state index contributed by atoms with van der Waals surface area (Å²) in [6.07, 6.45) is 0. The summed E-state index contributed by atoms with van der Waals surface area (Å²) in [6.45, 7) is 18.7. The molecule has 0 saturated heterocycles. The van der Waals surface area contributed by atoms with Gasteiger partial charge in [-0.05, 0) is 137 Å². The van der Waals surface area contributed by atoms with Crippen LogP contribution in [-0.4, -0.2) is 11.3 Å².